The summed E-state index contributed by atoms with van der Waals surface area (Å²) in [6.07, 6.45) is 1.76. The van der Waals surface area contributed by atoms with E-state index in [9.17, 15) is 0 Å². The Balaban J connectivity index is 1.55. The van der Waals surface area contributed by atoms with E-state index in [2.05, 4.69) is 42.4 Å². The standard InChI is InChI=1S/C17H24N6O/c1-18-17(19-13-14-6-7-20-21-14)23-10-8-22(9-11-23)15-4-3-5-16(12-15)24-2/h3-7,12H,8-11,13H2,1-2H3,(H,18,19)(H,20,21). The largest absolute Gasteiger partial charge is 0.497 e. The molecule has 2 aromatic rings. The zero-order valence-electron chi connectivity index (χ0n) is 14.2. The van der Waals surface area contributed by atoms with Crippen molar-refractivity contribution in [2.24, 2.45) is 4.99 Å². The molecule has 3 rings (SSSR count). The summed E-state index contributed by atoms with van der Waals surface area (Å²) in [5.41, 5.74) is 2.25. The number of methoxy groups -OCH3 is 1. The normalized spacial score (nSPS) is 15.5. The van der Waals surface area contributed by atoms with Gasteiger partial charge in [0.2, 0.25) is 0 Å². The summed E-state index contributed by atoms with van der Waals surface area (Å²) in [5.74, 6) is 1.82. The highest BCUT2D eigenvalue weighted by molar-refractivity contribution is 5.80. The topological polar surface area (TPSA) is 68.8 Å². The predicted octanol–water partition coefficient (Wildman–Crippen LogP) is 1.32. The van der Waals surface area contributed by atoms with Gasteiger partial charge < -0.3 is 19.9 Å². The number of anilines is 1. The molecule has 1 aromatic carbocycles. The molecule has 1 aromatic heterocycles. The van der Waals surface area contributed by atoms with E-state index in [1.54, 1.807) is 13.3 Å². The number of aromatic nitrogens is 2. The smallest absolute Gasteiger partial charge is 0.194 e. The maximum atomic E-state index is 5.32. The molecule has 0 atom stereocenters. The zero-order valence-corrected chi connectivity index (χ0v) is 14.2. The molecule has 1 aliphatic rings. The third-order valence-electron chi connectivity index (χ3n) is 4.20. The van der Waals surface area contributed by atoms with E-state index >= 15 is 0 Å². The number of aromatic amines is 1. The van der Waals surface area contributed by atoms with Gasteiger partial charge in [-0.05, 0) is 18.2 Å². The summed E-state index contributed by atoms with van der Waals surface area (Å²) in [7, 11) is 3.52. The number of guanidine groups is 1. The van der Waals surface area contributed by atoms with Crippen LogP contribution in [0.25, 0.3) is 0 Å². The Kier molecular flexibility index (Phi) is 5.20. The summed E-state index contributed by atoms with van der Waals surface area (Å²) in [4.78, 5) is 9.06. The third-order valence-corrected chi connectivity index (χ3v) is 4.20. The molecule has 7 heteroatoms. The van der Waals surface area contributed by atoms with Crippen molar-refractivity contribution < 1.29 is 4.74 Å². The fourth-order valence-electron chi connectivity index (χ4n) is 2.87. The number of nitrogens with zero attached hydrogens (tertiary/aromatic N) is 4. The summed E-state index contributed by atoms with van der Waals surface area (Å²) < 4.78 is 5.32. The van der Waals surface area contributed by atoms with Crippen molar-refractivity contribution in [1.29, 1.82) is 0 Å². The van der Waals surface area contributed by atoms with Crippen LogP contribution in [0.15, 0.2) is 41.5 Å². The summed E-state index contributed by atoms with van der Waals surface area (Å²) in [6.45, 7) is 4.47. The van der Waals surface area contributed by atoms with Gasteiger partial charge in [-0.25, -0.2) is 0 Å². The molecule has 0 unspecified atom stereocenters. The number of benzene rings is 1. The van der Waals surface area contributed by atoms with Crippen LogP contribution in [0.4, 0.5) is 5.69 Å². The second kappa shape index (κ2) is 7.72. The van der Waals surface area contributed by atoms with E-state index in [0.717, 1.165) is 43.6 Å². The molecule has 0 radical (unpaired) electrons. The number of piperazine rings is 1. The van der Waals surface area contributed by atoms with E-state index in [1.165, 1.54) is 5.69 Å². The van der Waals surface area contributed by atoms with Crippen LogP contribution in [0.1, 0.15) is 5.69 Å². The van der Waals surface area contributed by atoms with Crippen molar-refractivity contribution in [3.8, 4) is 5.75 Å². The van der Waals surface area contributed by atoms with Gasteiger partial charge in [-0.1, -0.05) is 6.07 Å². The lowest BCUT2D eigenvalue weighted by atomic mass is 10.2. The van der Waals surface area contributed by atoms with Gasteiger partial charge in [-0.2, -0.15) is 5.10 Å². The Morgan fingerprint density at radius 2 is 2.12 bits per heavy atom. The molecule has 0 saturated carbocycles. The lowest BCUT2D eigenvalue weighted by molar-refractivity contribution is 0.371. The van der Waals surface area contributed by atoms with Crippen molar-refractivity contribution in [2.75, 3.05) is 45.2 Å². The second-order valence-corrected chi connectivity index (χ2v) is 5.66. The highest BCUT2D eigenvalue weighted by Gasteiger charge is 2.20. The van der Waals surface area contributed by atoms with Crippen molar-refractivity contribution in [1.82, 2.24) is 20.4 Å². The molecule has 2 heterocycles. The van der Waals surface area contributed by atoms with Crippen LogP contribution < -0.4 is 15.0 Å². The van der Waals surface area contributed by atoms with Crippen LogP contribution in [0, 0.1) is 0 Å². The monoisotopic (exact) mass is 328 g/mol. The molecule has 0 bridgehead atoms. The molecule has 0 aliphatic carbocycles. The quantitative estimate of drug-likeness (QED) is 0.654. The average molecular weight is 328 g/mol. The van der Waals surface area contributed by atoms with Gasteiger partial charge >= 0.3 is 0 Å². The number of nitrogens with one attached hydrogen (secondary N) is 2. The average Bonchev–Trinajstić information content (AvgIpc) is 3.16. The van der Waals surface area contributed by atoms with Gasteiger partial charge in [0.25, 0.3) is 0 Å². The van der Waals surface area contributed by atoms with Crippen LogP contribution in [0.5, 0.6) is 5.75 Å². The fraction of sp³-hybridized carbons (Fsp3) is 0.412. The third kappa shape index (κ3) is 3.79. The van der Waals surface area contributed by atoms with Crippen LogP contribution in [-0.2, 0) is 6.54 Å². The lowest BCUT2D eigenvalue weighted by Gasteiger charge is -2.37. The van der Waals surface area contributed by atoms with Crippen LogP contribution in [0.2, 0.25) is 0 Å². The summed E-state index contributed by atoms with van der Waals surface area (Å²) in [5, 5.41) is 10.3. The highest BCUT2D eigenvalue weighted by atomic mass is 16.5. The maximum absolute atomic E-state index is 5.32. The van der Waals surface area contributed by atoms with E-state index in [4.69, 9.17) is 4.74 Å². The number of H-pyrrole nitrogens is 1. The Morgan fingerprint density at radius 3 is 2.79 bits per heavy atom. The Labute approximate surface area is 142 Å². The SMILES string of the molecule is CN=C(NCc1ccn[nH]1)N1CCN(c2cccc(OC)c2)CC1. The molecule has 1 fully saturated rings. The Bertz CT molecular complexity index is 661. The van der Waals surface area contributed by atoms with Gasteiger partial charge in [-0.3, -0.25) is 10.1 Å². The number of aliphatic imine (C=N–C) groups is 1. The van der Waals surface area contributed by atoms with Gasteiger partial charge in [0, 0.05) is 51.2 Å². The summed E-state index contributed by atoms with van der Waals surface area (Å²) >= 11 is 0. The van der Waals surface area contributed by atoms with Gasteiger partial charge in [0.05, 0.1) is 19.3 Å². The molecule has 7 nitrogen and oxygen atoms in total. The van der Waals surface area contributed by atoms with Crippen LogP contribution >= 0.6 is 0 Å². The van der Waals surface area contributed by atoms with Crippen molar-refractivity contribution in [3.05, 3.63) is 42.2 Å². The molecule has 128 valence electrons. The molecule has 1 aliphatic heterocycles. The first-order valence-corrected chi connectivity index (χ1v) is 8.13. The van der Waals surface area contributed by atoms with E-state index in [-0.39, 0.29) is 0 Å². The molecular formula is C17H24N6O. The zero-order chi connectivity index (χ0) is 16.8. The van der Waals surface area contributed by atoms with Crippen molar-refractivity contribution in [3.63, 3.8) is 0 Å². The predicted molar refractivity (Wildman–Crippen MR) is 95.6 cm³/mol. The fourth-order valence-corrected chi connectivity index (χ4v) is 2.87. The minimum Gasteiger partial charge on any atom is -0.497 e. The van der Waals surface area contributed by atoms with Crippen molar-refractivity contribution >= 4 is 11.6 Å². The van der Waals surface area contributed by atoms with Crippen molar-refractivity contribution in [2.45, 2.75) is 6.54 Å². The molecule has 1 saturated heterocycles. The van der Waals surface area contributed by atoms with E-state index < -0.39 is 0 Å². The van der Waals surface area contributed by atoms with Crippen LogP contribution in [0.3, 0.4) is 0 Å². The molecule has 0 amide bonds. The second-order valence-electron chi connectivity index (χ2n) is 5.66. The first kappa shape index (κ1) is 16.2. The number of rotatable bonds is 4. The minimum atomic E-state index is 0.697. The van der Waals surface area contributed by atoms with Crippen LogP contribution in [-0.4, -0.2) is 61.4 Å². The van der Waals surface area contributed by atoms with E-state index in [0.29, 0.717) is 6.54 Å². The lowest BCUT2D eigenvalue weighted by Crippen LogP contribution is -2.52. The van der Waals surface area contributed by atoms with Gasteiger partial charge in [-0.15, -0.1) is 0 Å². The minimum absolute atomic E-state index is 0.697. The molecule has 24 heavy (non-hydrogen) atoms. The first-order chi connectivity index (χ1) is 11.8. The Hall–Kier alpha value is -2.70. The van der Waals surface area contributed by atoms with Gasteiger partial charge in [0.1, 0.15) is 5.75 Å². The highest BCUT2D eigenvalue weighted by Crippen LogP contribution is 2.22. The molecular weight excluding hydrogens is 304 g/mol. The molecule has 0 spiro atoms. The number of ether oxygens (including phenoxy) is 1. The number of hydrogen-bond donors (Lipinski definition) is 2. The first-order valence-electron chi connectivity index (χ1n) is 8.13. The van der Waals surface area contributed by atoms with E-state index in [1.807, 2.05) is 25.2 Å². The maximum Gasteiger partial charge on any atom is 0.194 e. The number of hydrogen-bond acceptors (Lipinski definition) is 4. The summed E-state index contributed by atoms with van der Waals surface area (Å²) in [6, 6.07) is 10.2. The van der Waals surface area contributed by atoms with Gasteiger partial charge in [0.15, 0.2) is 5.96 Å². The molecule has 2 N–H and O–H groups in total. The Morgan fingerprint density at radius 1 is 1.29 bits per heavy atom.